The molecule has 0 fully saturated rings. The highest BCUT2D eigenvalue weighted by atomic mass is 35.5. The maximum Gasteiger partial charge on any atom is 0.156 e. The lowest BCUT2D eigenvalue weighted by molar-refractivity contribution is -0.111. The van der Waals surface area contributed by atoms with Crippen molar-refractivity contribution >= 4 is 29.5 Å². The van der Waals surface area contributed by atoms with Crippen molar-refractivity contribution in [3.63, 3.8) is 0 Å². The van der Waals surface area contributed by atoms with E-state index in [9.17, 15) is 9.90 Å². The number of hydrogen-bond donors (Lipinski definition) is 1. The second kappa shape index (κ2) is 8.19. The molecule has 0 aliphatic carbocycles. The highest BCUT2D eigenvalue weighted by molar-refractivity contribution is 6.37. The zero-order valence-corrected chi connectivity index (χ0v) is 11.2. The van der Waals surface area contributed by atoms with E-state index in [2.05, 4.69) is 0 Å². The van der Waals surface area contributed by atoms with Crippen LogP contribution >= 0.6 is 23.2 Å². The minimum atomic E-state index is -0.000358. The third-order valence-electron chi connectivity index (χ3n) is 2.10. The number of carbonyl (C=O) groups is 1. The number of halogens is 2. The first kappa shape index (κ1) is 15.1. The molecule has 0 aliphatic rings. The van der Waals surface area contributed by atoms with Crippen LogP contribution in [0, 0.1) is 0 Å². The maximum absolute atomic E-state index is 9.98. The summed E-state index contributed by atoms with van der Waals surface area (Å²) < 4.78 is 10.4. The number of ether oxygens (including phenoxy) is 2. The maximum atomic E-state index is 9.98. The number of unbranched alkanes of at least 4 members (excludes halogenated alkanes) is 1. The first-order chi connectivity index (χ1) is 8.65. The number of rotatable bonds is 8. The van der Waals surface area contributed by atoms with Gasteiger partial charge < -0.3 is 19.4 Å². The van der Waals surface area contributed by atoms with Crippen LogP contribution in [-0.4, -0.2) is 31.2 Å². The van der Waals surface area contributed by atoms with Crippen LogP contribution in [0.15, 0.2) is 12.1 Å². The zero-order chi connectivity index (χ0) is 13.4. The Hall–Kier alpha value is -0.970. The molecule has 0 heterocycles. The van der Waals surface area contributed by atoms with Gasteiger partial charge in [-0.3, -0.25) is 0 Å². The molecule has 18 heavy (non-hydrogen) atoms. The SMILES string of the molecule is O=CCOCCCCOc1c(Cl)cc(O)cc1Cl. The quantitative estimate of drug-likeness (QED) is 0.591. The number of aldehydes is 1. The Labute approximate surface area is 115 Å². The van der Waals surface area contributed by atoms with Gasteiger partial charge in [0.2, 0.25) is 0 Å². The summed E-state index contributed by atoms with van der Waals surface area (Å²) in [4.78, 5) is 9.98. The van der Waals surface area contributed by atoms with Gasteiger partial charge in [-0.05, 0) is 12.8 Å². The standard InChI is InChI=1S/C12H14Cl2O4/c13-10-7-9(16)8-11(14)12(10)18-5-2-1-4-17-6-3-15/h3,7-8,16H,1-2,4-6H2. The van der Waals surface area contributed by atoms with Crippen molar-refractivity contribution in [1.82, 2.24) is 0 Å². The first-order valence-electron chi connectivity index (χ1n) is 5.47. The fraction of sp³-hybridized carbons (Fsp3) is 0.417. The number of phenolic OH excluding ortho intramolecular Hbond substituents is 1. The van der Waals surface area contributed by atoms with Crippen LogP contribution in [0.5, 0.6) is 11.5 Å². The third kappa shape index (κ3) is 5.12. The molecular formula is C12H14Cl2O4. The van der Waals surface area contributed by atoms with E-state index < -0.39 is 0 Å². The molecule has 0 saturated heterocycles. The van der Waals surface area contributed by atoms with Crippen molar-refractivity contribution in [2.24, 2.45) is 0 Å². The first-order valence-corrected chi connectivity index (χ1v) is 6.23. The fourth-order valence-electron chi connectivity index (χ4n) is 1.30. The molecule has 0 radical (unpaired) electrons. The van der Waals surface area contributed by atoms with Crippen LogP contribution in [0.25, 0.3) is 0 Å². The highest BCUT2D eigenvalue weighted by Gasteiger charge is 2.09. The summed E-state index contributed by atoms with van der Waals surface area (Å²) in [6, 6.07) is 2.74. The van der Waals surface area contributed by atoms with Crippen LogP contribution in [0.1, 0.15) is 12.8 Å². The smallest absolute Gasteiger partial charge is 0.156 e. The fourth-order valence-corrected chi connectivity index (χ4v) is 1.88. The summed E-state index contributed by atoms with van der Waals surface area (Å²) in [7, 11) is 0. The van der Waals surface area contributed by atoms with Crippen molar-refractivity contribution in [2.45, 2.75) is 12.8 Å². The van der Waals surface area contributed by atoms with Gasteiger partial charge in [0.15, 0.2) is 5.75 Å². The Bertz CT molecular complexity index is 373. The van der Waals surface area contributed by atoms with Crippen LogP contribution in [-0.2, 0) is 9.53 Å². The lowest BCUT2D eigenvalue weighted by Gasteiger charge is -2.10. The van der Waals surface area contributed by atoms with E-state index in [4.69, 9.17) is 32.7 Å². The van der Waals surface area contributed by atoms with Crippen LogP contribution in [0.3, 0.4) is 0 Å². The predicted molar refractivity (Wildman–Crippen MR) is 69.7 cm³/mol. The van der Waals surface area contributed by atoms with Crippen molar-refractivity contribution in [2.75, 3.05) is 19.8 Å². The van der Waals surface area contributed by atoms with Crippen LogP contribution in [0.2, 0.25) is 10.0 Å². The van der Waals surface area contributed by atoms with E-state index in [0.717, 1.165) is 12.8 Å². The molecule has 0 atom stereocenters. The molecule has 6 heteroatoms. The summed E-state index contributed by atoms with van der Waals surface area (Å²) in [5.41, 5.74) is 0. The highest BCUT2D eigenvalue weighted by Crippen LogP contribution is 2.36. The molecule has 100 valence electrons. The predicted octanol–water partition coefficient (Wildman–Crippen LogP) is 3.07. The molecule has 0 amide bonds. The van der Waals surface area contributed by atoms with Gasteiger partial charge in [-0.15, -0.1) is 0 Å². The summed E-state index contributed by atoms with van der Waals surface area (Å²) in [5, 5.41) is 9.79. The lowest BCUT2D eigenvalue weighted by Crippen LogP contribution is -2.02. The number of aromatic hydroxyl groups is 1. The van der Waals surface area contributed by atoms with Crippen molar-refractivity contribution in [1.29, 1.82) is 0 Å². The van der Waals surface area contributed by atoms with Gasteiger partial charge >= 0.3 is 0 Å². The summed E-state index contributed by atoms with van der Waals surface area (Å²) in [5.74, 6) is 0.365. The van der Waals surface area contributed by atoms with Gasteiger partial charge in [-0.2, -0.15) is 0 Å². The normalized spacial score (nSPS) is 10.3. The Morgan fingerprint density at radius 2 is 1.78 bits per heavy atom. The van der Waals surface area contributed by atoms with E-state index in [1.807, 2.05) is 0 Å². The second-order valence-corrected chi connectivity index (χ2v) is 4.35. The van der Waals surface area contributed by atoms with Gasteiger partial charge in [0, 0.05) is 18.7 Å². The lowest BCUT2D eigenvalue weighted by atomic mass is 10.3. The Morgan fingerprint density at radius 1 is 1.17 bits per heavy atom. The molecule has 1 rings (SSSR count). The van der Waals surface area contributed by atoms with E-state index >= 15 is 0 Å². The largest absolute Gasteiger partial charge is 0.508 e. The van der Waals surface area contributed by atoms with Gasteiger partial charge in [0.1, 0.15) is 18.6 Å². The molecule has 1 N–H and O–H groups in total. The minimum Gasteiger partial charge on any atom is -0.508 e. The number of hydrogen-bond acceptors (Lipinski definition) is 4. The van der Waals surface area contributed by atoms with Crippen LogP contribution in [0.4, 0.5) is 0 Å². The molecule has 4 nitrogen and oxygen atoms in total. The molecule has 0 aliphatic heterocycles. The van der Waals surface area contributed by atoms with E-state index in [1.165, 1.54) is 12.1 Å². The molecule has 0 saturated carbocycles. The van der Waals surface area contributed by atoms with Gasteiger partial charge in [-0.1, -0.05) is 23.2 Å². The zero-order valence-electron chi connectivity index (χ0n) is 9.70. The van der Waals surface area contributed by atoms with E-state index in [0.29, 0.717) is 25.2 Å². The van der Waals surface area contributed by atoms with Gasteiger partial charge in [0.25, 0.3) is 0 Å². The summed E-state index contributed by atoms with van der Waals surface area (Å²) in [6.45, 7) is 1.07. The molecule has 1 aromatic rings. The Morgan fingerprint density at radius 3 is 2.39 bits per heavy atom. The summed E-state index contributed by atoms with van der Waals surface area (Å²) in [6.07, 6.45) is 2.25. The van der Waals surface area contributed by atoms with Crippen molar-refractivity contribution in [3.05, 3.63) is 22.2 Å². The number of carbonyl (C=O) groups excluding carboxylic acids is 1. The number of phenols is 1. The average molecular weight is 293 g/mol. The van der Waals surface area contributed by atoms with Gasteiger partial charge in [-0.25, -0.2) is 0 Å². The molecule has 0 bridgehead atoms. The van der Waals surface area contributed by atoms with Crippen LogP contribution < -0.4 is 4.74 Å². The van der Waals surface area contributed by atoms with Crippen molar-refractivity contribution in [3.8, 4) is 11.5 Å². The Kier molecular flexibility index (Phi) is 6.86. The molecule has 0 unspecified atom stereocenters. The number of benzene rings is 1. The third-order valence-corrected chi connectivity index (χ3v) is 2.66. The monoisotopic (exact) mass is 292 g/mol. The summed E-state index contributed by atoms with van der Waals surface area (Å²) >= 11 is 11.8. The Balaban J connectivity index is 2.29. The topological polar surface area (TPSA) is 55.8 Å². The average Bonchev–Trinajstić information content (AvgIpc) is 2.30. The van der Waals surface area contributed by atoms with Gasteiger partial charge in [0.05, 0.1) is 16.7 Å². The second-order valence-electron chi connectivity index (χ2n) is 3.54. The minimum absolute atomic E-state index is 0.000358. The van der Waals surface area contributed by atoms with Crippen molar-refractivity contribution < 1.29 is 19.4 Å². The molecule has 0 spiro atoms. The molecule has 0 aromatic heterocycles. The van der Waals surface area contributed by atoms with E-state index in [-0.39, 0.29) is 22.4 Å². The molecule has 1 aromatic carbocycles. The van der Waals surface area contributed by atoms with E-state index in [1.54, 1.807) is 0 Å². The molecular weight excluding hydrogens is 279 g/mol.